The lowest BCUT2D eigenvalue weighted by atomic mass is 9.90. The van der Waals surface area contributed by atoms with E-state index >= 15 is 0 Å². The zero-order chi connectivity index (χ0) is 22.4. The number of benzene rings is 3. The van der Waals surface area contributed by atoms with E-state index in [0.717, 1.165) is 55.9 Å². The normalized spacial score (nSPS) is 21.3. The van der Waals surface area contributed by atoms with E-state index in [9.17, 15) is 4.39 Å². The largest absolute Gasteiger partial charge is 0.466 e. The molecular weight excluding hydrogens is 413 g/mol. The summed E-state index contributed by atoms with van der Waals surface area (Å²) < 4.78 is 20.3. The first kappa shape index (κ1) is 20.4. The Labute approximate surface area is 194 Å². The fourth-order valence-corrected chi connectivity index (χ4v) is 5.45. The maximum atomic E-state index is 13.5. The average Bonchev–Trinajstić information content (AvgIpc) is 3.29. The Morgan fingerprint density at radius 2 is 1.76 bits per heavy atom. The van der Waals surface area contributed by atoms with Crippen molar-refractivity contribution in [2.24, 2.45) is 5.10 Å². The summed E-state index contributed by atoms with van der Waals surface area (Å²) in [4.78, 5) is 2.50. The fourth-order valence-electron chi connectivity index (χ4n) is 5.45. The van der Waals surface area contributed by atoms with E-state index in [-0.39, 0.29) is 11.9 Å². The molecule has 1 fully saturated rings. The smallest absolute Gasteiger partial charge is 0.200 e. The number of rotatable bonds is 3. The van der Waals surface area contributed by atoms with Crippen LogP contribution >= 0.6 is 0 Å². The van der Waals surface area contributed by atoms with Gasteiger partial charge >= 0.3 is 0 Å². The van der Waals surface area contributed by atoms with E-state index in [1.165, 1.54) is 28.8 Å². The molecule has 0 N–H and O–H groups in total. The Morgan fingerprint density at radius 1 is 1.00 bits per heavy atom. The van der Waals surface area contributed by atoms with Crippen LogP contribution < -0.4 is 4.74 Å². The van der Waals surface area contributed by atoms with Crippen molar-refractivity contribution in [2.75, 3.05) is 13.1 Å². The predicted octanol–water partition coefficient (Wildman–Crippen LogP) is 5.67. The lowest BCUT2D eigenvalue weighted by Gasteiger charge is -2.51. The van der Waals surface area contributed by atoms with Crippen LogP contribution in [0.4, 0.5) is 4.39 Å². The molecule has 0 bridgehead atoms. The molecule has 33 heavy (non-hydrogen) atoms. The van der Waals surface area contributed by atoms with E-state index in [0.29, 0.717) is 0 Å². The van der Waals surface area contributed by atoms with E-state index < -0.39 is 5.72 Å². The van der Waals surface area contributed by atoms with E-state index in [4.69, 9.17) is 9.84 Å². The molecular formula is C28H28FN3O. The number of halogens is 1. The maximum absolute atomic E-state index is 13.5. The average molecular weight is 442 g/mol. The molecule has 1 spiro atoms. The SMILES string of the molecule is Cc1ccc2c(c1)[C@H]1CC(c3ccc(F)cc3)=NN1C1(CCN(Cc3ccccc3)CC1)O2. The van der Waals surface area contributed by atoms with Crippen molar-refractivity contribution in [3.63, 3.8) is 0 Å². The number of hydrogen-bond acceptors (Lipinski definition) is 4. The standard InChI is InChI=1S/C28H28FN3O/c1-20-7-12-27-24(17-20)26-18-25(22-8-10-23(29)11-9-22)30-32(26)28(33-27)13-15-31(16-14-28)19-21-5-3-2-4-6-21/h2-12,17,26H,13-16,18-19H2,1H3/t26-/m1/s1. The number of ether oxygens (including phenoxy) is 1. The molecule has 3 aliphatic heterocycles. The molecule has 6 rings (SSSR count). The molecule has 0 aromatic heterocycles. The Kier molecular flexibility index (Phi) is 4.95. The summed E-state index contributed by atoms with van der Waals surface area (Å²) >= 11 is 0. The minimum atomic E-state index is -0.443. The van der Waals surface area contributed by atoms with E-state index in [2.05, 4.69) is 65.4 Å². The molecule has 168 valence electrons. The van der Waals surface area contributed by atoms with Crippen molar-refractivity contribution >= 4 is 5.71 Å². The zero-order valence-corrected chi connectivity index (χ0v) is 18.9. The van der Waals surface area contributed by atoms with Crippen LogP contribution in [0.15, 0.2) is 77.9 Å². The molecule has 0 amide bonds. The minimum Gasteiger partial charge on any atom is -0.466 e. The van der Waals surface area contributed by atoms with E-state index in [1.807, 2.05) is 12.1 Å². The van der Waals surface area contributed by atoms with Gasteiger partial charge in [-0.15, -0.1) is 0 Å². The van der Waals surface area contributed by atoms with Gasteiger partial charge in [0.25, 0.3) is 0 Å². The first-order valence-electron chi connectivity index (χ1n) is 11.8. The van der Waals surface area contributed by atoms with Crippen LogP contribution in [-0.4, -0.2) is 34.4 Å². The summed E-state index contributed by atoms with van der Waals surface area (Å²) in [5.41, 5.74) is 5.31. The summed E-state index contributed by atoms with van der Waals surface area (Å²) in [5.74, 6) is 0.760. The van der Waals surface area contributed by atoms with Gasteiger partial charge in [0.05, 0.1) is 11.8 Å². The molecule has 1 saturated heterocycles. The molecule has 4 nitrogen and oxygen atoms in total. The number of piperidine rings is 1. The Balaban J connectivity index is 1.31. The molecule has 3 heterocycles. The Morgan fingerprint density at radius 3 is 2.52 bits per heavy atom. The van der Waals surface area contributed by atoms with Crippen molar-refractivity contribution in [1.29, 1.82) is 0 Å². The van der Waals surface area contributed by atoms with Gasteiger partial charge < -0.3 is 4.74 Å². The third kappa shape index (κ3) is 3.70. The summed E-state index contributed by atoms with van der Waals surface area (Å²) in [6.07, 6.45) is 2.59. The summed E-state index contributed by atoms with van der Waals surface area (Å²) in [6.45, 7) is 5.00. The van der Waals surface area contributed by atoms with Crippen molar-refractivity contribution < 1.29 is 9.13 Å². The number of nitrogens with zero attached hydrogens (tertiary/aromatic N) is 3. The molecule has 3 aliphatic rings. The topological polar surface area (TPSA) is 28.1 Å². The van der Waals surface area contributed by atoms with Crippen LogP contribution in [0.5, 0.6) is 5.75 Å². The minimum absolute atomic E-state index is 0.148. The van der Waals surface area contributed by atoms with Gasteiger partial charge in [-0.05, 0) is 36.2 Å². The number of likely N-dealkylation sites (tertiary alicyclic amines) is 1. The number of aryl methyl sites for hydroxylation is 1. The monoisotopic (exact) mass is 441 g/mol. The Hall–Kier alpha value is -3.18. The van der Waals surface area contributed by atoms with Gasteiger partial charge in [-0.1, -0.05) is 60.2 Å². The molecule has 3 aromatic carbocycles. The first-order valence-corrected chi connectivity index (χ1v) is 11.8. The second kappa shape index (κ2) is 7.99. The summed E-state index contributed by atoms with van der Waals surface area (Å²) in [6, 6.07) is 24.0. The van der Waals surface area contributed by atoms with Gasteiger partial charge in [0.1, 0.15) is 11.6 Å². The van der Waals surface area contributed by atoms with E-state index in [1.54, 1.807) is 0 Å². The molecule has 0 unspecified atom stereocenters. The second-order valence-electron chi connectivity index (χ2n) is 9.47. The lowest BCUT2D eigenvalue weighted by molar-refractivity contribution is -0.150. The second-order valence-corrected chi connectivity index (χ2v) is 9.47. The first-order chi connectivity index (χ1) is 16.1. The van der Waals surface area contributed by atoms with Gasteiger partial charge in [-0.3, -0.25) is 4.90 Å². The van der Waals surface area contributed by atoms with Gasteiger partial charge in [-0.25, -0.2) is 9.40 Å². The summed E-state index contributed by atoms with van der Waals surface area (Å²) in [5, 5.41) is 7.34. The third-order valence-electron chi connectivity index (χ3n) is 7.22. The highest BCUT2D eigenvalue weighted by Gasteiger charge is 2.51. The van der Waals surface area contributed by atoms with Crippen molar-refractivity contribution in [3.8, 4) is 5.75 Å². The summed E-state index contributed by atoms with van der Waals surface area (Å²) in [7, 11) is 0. The molecule has 0 saturated carbocycles. The third-order valence-corrected chi connectivity index (χ3v) is 7.22. The van der Waals surface area contributed by atoms with Gasteiger partial charge in [0.15, 0.2) is 0 Å². The number of fused-ring (bicyclic) bond motifs is 4. The van der Waals surface area contributed by atoms with Gasteiger partial charge in [0.2, 0.25) is 5.72 Å². The van der Waals surface area contributed by atoms with Crippen molar-refractivity contribution in [3.05, 3.63) is 101 Å². The molecule has 0 radical (unpaired) electrons. The zero-order valence-electron chi connectivity index (χ0n) is 18.9. The van der Waals surface area contributed by atoms with Crippen LogP contribution in [0, 0.1) is 12.7 Å². The number of hydrogen-bond donors (Lipinski definition) is 0. The van der Waals surface area contributed by atoms with Gasteiger partial charge in [0, 0.05) is 44.5 Å². The van der Waals surface area contributed by atoms with Crippen LogP contribution in [-0.2, 0) is 6.54 Å². The van der Waals surface area contributed by atoms with Crippen molar-refractivity contribution in [2.45, 2.75) is 44.5 Å². The maximum Gasteiger partial charge on any atom is 0.200 e. The lowest BCUT2D eigenvalue weighted by Crippen LogP contribution is -2.59. The Bertz CT molecular complexity index is 1180. The molecule has 1 atom stereocenters. The molecule has 3 aromatic rings. The van der Waals surface area contributed by atoms with Crippen LogP contribution in [0.25, 0.3) is 0 Å². The predicted molar refractivity (Wildman–Crippen MR) is 128 cm³/mol. The highest BCUT2D eigenvalue weighted by molar-refractivity contribution is 6.02. The quantitative estimate of drug-likeness (QED) is 0.524. The van der Waals surface area contributed by atoms with Crippen LogP contribution in [0.1, 0.15) is 47.6 Å². The van der Waals surface area contributed by atoms with Crippen LogP contribution in [0.2, 0.25) is 0 Å². The van der Waals surface area contributed by atoms with Gasteiger partial charge in [-0.2, -0.15) is 5.10 Å². The molecule has 5 heteroatoms. The number of hydrazone groups is 1. The fraction of sp³-hybridized carbons (Fsp3) is 0.321. The highest BCUT2D eigenvalue weighted by atomic mass is 19.1. The van der Waals surface area contributed by atoms with Crippen LogP contribution in [0.3, 0.4) is 0 Å². The van der Waals surface area contributed by atoms with Crippen molar-refractivity contribution in [1.82, 2.24) is 9.91 Å². The highest BCUT2D eigenvalue weighted by Crippen LogP contribution is 2.50. The molecule has 0 aliphatic carbocycles.